The Morgan fingerprint density at radius 3 is 2.84 bits per heavy atom. The zero-order valence-corrected chi connectivity index (χ0v) is 21.3. The number of aromatic nitrogens is 2. The van der Waals surface area contributed by atoms with E-state index in [9.17, 15) is 23.1 Å². The van der Waals surface area contributed by atoms with Crippen molar-refractivity contribution in [3.63, 3.8) is 0 Å². The molecule has 11 heteroatoms. The number of halogens is 3. The summed E-state index contributed by atoms with van der Waals surface area (Å²) in [6.07, 6.45) is -1.48. The number of alkyl halides is 3. The van der Waals surface area contributed by atoms with Gasteiger partial charge in [0.1, 0.15) is 0 Å². The lowest BCUT2D eigenvalue weighted by molar-refractivity contribution is -0.138. The van der Waals surface area contributed by atoms with Crippen LogP contribution in [0.1, 0.15) is 29.2 Å². The van der Waals surface area contributed by atoms with Crippen molar-refractivity contribution >= 4 is 45.4 Å². The van der Waals surface area contributed by atoms with Gasteiger partial charge in [-0.3, -0.25) is 9.48 Å². The first-order valence-corrected chi connectivity index (χ1v) is 12.8. The van der Waals surface area contributed by atoms with E-state index in [4.69, 9.17) is 4.74 Å². The van der Waals surface area contributed by atoms with Crippen molar-refractivity contribution in [3.8, 4) is 0 Å². The Balaban J connectivity index is 1.36. The molecule has 2 aromatic carbocycles. The van der Waals surface area contributed by atoms with E-state index < -0.39 is 11.7 Å². The number of allylic oxidation sites excluding steroid dienone is 1. The molecule has 0 spiro atoms. The molecule has 0 unspecified atom stereocenters. The molecule has 38 heavy (non-hydrogen) atoms. The zero-order valence-electron chi connectivity index (χ0n) is 20.5. The third kappa shape index (κ3) is 5.40. The topological polar surface area (TPSA) is 80.0 Å². The van der Waals surface area contributed by atoms with Gasteiger partial charge < -0.3 is 14.7 Å². The molecule has 1 saturated heterocycles. The molecule has 1 fully saturated rings. The summed E-state index contributed by atoms with van der Waals surface area (Å²) < 4.78 is 48.3. The van der Waals surface area contributed by atoms with Crippen molar-refractivity contribution in [3.05, 3.63) is 76.3 Å². The number of carbonyl (C=O) groups excluding carboxylic acids is 1. The number of benzene rings is 2. The molecule has 3 heterocycles. The van der Waals surface area contributed by atoms with Crippen molar-refractivity contribution in [1.29, 1.82) is 0 Å². The second-order valence-corrected chi connectivity index (χ2v) is 10.2. The van der Waals surface area contributed by atoms with Crippen molar-refractivity contribution < 1.29 is 27.8 Å². The van der Waals surface area contributed by atoms with Gasteiger partial charge >= 0.3 is 6.18 Å². The van der Waals surface area contributed by atoms with Gasteiger partial charge in [0.15, 0.2) is 5.17 Å². The summed E-state index contributed by atoms with van der Waals surface area (Å²) in [4.78, 5) is 19.1. The molecular formula is C27H25F3N4O3S. The second-order valence-electron chi connectivity index (χ2n) is 9.20. The molecule has 3 aromatic rings. The first-order valence-electron chi connectivity index (χ1n) is 11.9. The Morgan fingerprint density at radius 1 is 1.29 bits per heavy atom. The number of rotatable bonds is 5. The molecule has 1 atom stereocenters. The Morgan fingerprint density at radius 2 is 2.11 bits per heavy atom. The molecule has 0 radical (unpaired) electrons. The van der Waals surface area contributed by atoms with Gasteiger partial charge in [-0.15, -0.1) is 0 Å². The predicted octanol–water partition coefficient (Wildman–Crippen LogP) is 4.80. The van der Waals surface area contributed by atoms with Crippen LogP contribution in [0.4, 0.5) is 13.2 Å². The minimum Gasteiger partial charge on any atom is -0.394 e. The number of aliphatic imine (C=N–C) groups is 1. The molecule has 5 rings (SSSR count). The van der Waals surface area contributed by atoms with Crippen LogP contribution in [0.3, 0.4) is 0 Å². The van der Waals surface area contributed by atoms with E-state index in [2.05, 4.69) is 16.7 Å². The molecule has 1 aromatic heterocycles. The lowest BCUT2D eigenvalue weighted by atomic mass is 10.00. The number of amides is 1. The monoisotopic (exact) mass is 542 g/mol. The van der Waals surface area contributed by atoms with Gasteiger partial charge in [-0.25, -0.2) is 0 Å². The Kier molecular flexibility index (Phi) is 7.17. The standard InChI is InChI=1S/C27H25F3N4O3S/c1-16(2)18-4-5-19(22(11-18)27(28,29)30)13-34-23-6-3-17(9-20(23)12-31-34)10-24-25(36)32-26(38-24)33-7-8-37-21(14-33)15-35/h3-6,9-12,21,35H,1,7-8,13-15H2,2H3/t21-/m1/s1. The van der Waals surface area contributed by atoms with Crippen LogP contribution in [-0.4, -0.2) is 63.3 Å². The largest absolute Gasteiger partial charge is 0.416 e. The second kappa shape index (κ2) is 10.4. The highest BCUT2D eigenvalue weighted by atomic mass is 32.2. The van der Waals surface area contributed by atoms with Crippen molar-refractivity contribution in [2.24, 2.45) is 4.99 Å². The fourth-order valence-electron chi connectivity index (χ4n) is 4.41. The van der Waals surface area contributed by atoms with Crippen LogP contribution in [0.5, 0.6) is 0 Å². The van der Waals surface area contributed by atoms with E-state index in [1.54, 1.807) is 37.4 Å². The zero-order chi connectivity index (χ0) is 27.0. The summed E-state index contributed by atoms with van der Waals surface area (Å²) >= 11 is 1.27. The molecule has 2 aliphatic rings. The number of aliphatic hydroxyl groups excluding tert-OH is 1. The number of hydrogen-bond donors (Lipinski definition) is 1. The molecular weight excluding hydrogens is 517 g/mol. The van der Waals surface area contributed by atoms with Gasteiger partial charge in [0, 0.05) is 18.5 Å². The molecule has 2 aliphatic heterocycles. The molecule has 0 aliphatic carbocycles. The van der Waals surface area contributed by atoms with E-state index in [1.807, 2.05) is 11.0 Å². The number of aliphatic hydroxyl groups is 1. The maximum Gasteiger partial charge on any atom is 0.416 e. The number of ether oxygens (including phenoxy) is 1. The molecule has 1 N–H and O–H groups in total. The summed E-state index contributed by atoms with van der Waals surface area (Å²) in [5.74, 6) is -0.342. The van der Waals surface area contributed by atoms with E-state index in [1.165, 1.54) is 22.5 Å². The van der Waals surface area contributed by atoms with Gasteiger partial charge in [-0.1, -0.05) is 30.4 Å². The van der Waals surface area contributed by atoms with E-state index in [0.717, 1.165) is 17.0 Å². The average Bonchev–Trinajstić information content (AvgIpc) is 3.46. The first kappa shape index (κ1) is 26.2. The SMILES string of the molecule is C=C(C)c1ccc(Cn2ncc3cc(C=C4SC(N5CCO[C@@H](CO)C5)=NC4=O)ccc32)c(C(F)(F)F)c1. The van der Waals surface area contributed by atoms with Gasteiger partial charge in [0.25, 0.3) is 5.91 Å². The molecule has 1 amide bonds. The predicted molar refractivity (Wildman–Crippen MR) is 141 cm³/mol. The maximum absolute atomic E-state index is 13.8. The normalized spacial score (nSPS) is 19.4. The Hall–Kier alpha value is -3.41. The van der Waals surface area contributed by atoms with Crippen molar-refractivity contribution in [2.45, 2.75) is 25.7 Å². The van der Waals surface area contributed by atoms with Crippen LogP contribution in [0, 0.1) is 0 Å². The summed E-state index contributed by atoms with van der Waals surface area (Å²) in [5, 5.41) is 15.0. The highest BCUT2D eigenvalue weighted by Gasteiger charge is 2.34. The number of fused-ring (bicyclic) bond motifs is 1. The van der Waals surface area contributed by atoms with Crippen LogP contribution in [0.15, 0.2) is 59.1 Å². The quantitative estimate of drug-likeness (QED) is 0.467. The van der Waals surface area contributed by atoms with Crippen LogP contribution in [0.25, 0.3) is 22.6 Å². The maximum atomic E-state index is 13.8. The lowest BCUT2D eigenvalue weighted by Gasteiger charge is -2.32. The molecule has 198 valence electrons. The Bertz CT molecular complexity index is 1480. The fourth-order valence-corrected chi connectivity index (χ4v) is 5.36. The summed E-state index contributed by atoms with van der Waals surface area (Å²) in [7, 11) is 0. The minimum atomic E-state index is -4.50. The van der Waals surface area contributed by atoms with Crippen molar-refractivity contribution in [1.82, 2.24) is 14.7 Å². The number of nitrogens with zero attached hydrogens (tertiary/aromatic N) is 4. The number of thioether (sulfide) groups is 1. The average molecular weight is 543 g/mol. The van der Waals surface area contributed by atoms with Crippen molar-refractivity contribution in [2.75, 3.05) is 26.3 Å². The molecule has 7 nitrogen and oxygen atoms in total. The first-order chi connectivity index (χ1) is 18.1. The smallest absolute Gasteiger partial charge is 0.394 e. The Labute approximate surface area is 221 Å². The number of amidine groups is 1. The summed E-state index contributed by atoms with van der Waals surface area (Å²) in [6, 6.07) is 9.64. The van der Waals surface area contributed by atoms with Crippen LogP contribution in [-0.2, 0) is 22.3 Å². The highest BCUT2D eigenvalue weighted by Crippen LogP contribution is 2.35. The van der Waals surface area contributed by atoms with Crippen LogP contribution in [0.2, 0.25) is 0 Å². The molecule has 0 bridgehead atoms. The van der Waals surface area contributed by atoms with E-state index >= 15 is 0 Å². The van der Waals surface area contributed by atoms with Crippen LogP contribution >= 0.6 is 11.8 Å². The third-order valence-electron chi connectivity index (χ3n) is 6.41. The van der Waals surface area contributed by atoms with E-state index in [-0.39, 0.29) is 30.7 Å². The highest BCUT2D eigenvalue weighted by molar-refractivity contribution is 8.18. The number of carbonyl (C=O) groups is 1. The van der Waals surface area contributed by atoms with Gasteiger partial charge in [-0.05, 0) is 59.7 Å². The minimum absolute atomic E-state index is 0.0465. The van der Waals surface area contributed by atoms with Crippen LogP contribution < -0.4 is 0 Å². The number of morpholine rings is 1. The fraction of sp³-hybridized carbons (Fsp3) is 0.296. The third-order valence-corrected chi connectivity index (χ3v) is 7.46. The molecule has 0 saturated carbocycles. The van der Waals surface area contributed by atoms with Gasteiger partial charge in [-0.2, -0.15) is 23.3 Å². The van der Waals surface area contributed by atoms with Gasteiger partial charge in [0.2, 0.25) is 0 Å². The summed E-state index contributed by atoms with van der Waals surface area (Å²) in [6.45, 7) is 6.75. The number of hydrogen-bond acceptors (Lipinski definition) is 6. The van der Waals surface area contributed by atoms with Gasteiger partial charge in [0.05, 0.1) is 48.0 Å². The summed E-state index contributed by atoms with van der Waals surface area (Å²) in [5.41, 5.74) is 1.83. The lowest BCUT2D eigenvalue weighted by Crippen LogP contribution is -2.45. The van der Waals surface area contributed by atoms with E-state index in [0.29, 0.717) is 46.4 Å².